The van der Waals surface area contributed by atoms with Crippen LogP contribution in [0.25, 0.3) is 21.8 Å². The fourth-order valence-electron chi connectivity index (χ4n) is 2.52. The van der Waals surface area contributed by atoms with E-state index in [0.717, 1.165) is 41.1 Å². The highest BCUT2D eigenvalue weighted by Gasteiger charge is 2.12. The van der Waals surface area contributed by atoms with Crippen molar-refractivity contribution in [3.8, 4) is 27.6 Å². The standard InChI is InChI=1S/C18H19N3O3S2/c1-3-4-14-9-13(7-8-19-14)18-20-16(11-25-18)12-5-6-15(17(22)10-12)21-26(2,23)24/h5-11,21-22H,3-4H2,1-2H3. The van der Waals surface area contributed by atoms with Crippen molar-refractivity contribution in [3.63, 3.8) is 0 Å². The van der Waals surface area contributed by atoms with Gasteiger partial charge in [-0.1, -0.05) is 19.4 Å². The summed E-state index contributed by atoms with van der Waals surface area (Å²) in [5.74, 6) is -0.142. The molecule has 2 N–H and O–H groups in total. The third-order valence-corrected chi connectivity index (χ3v) is 5.14. The van der Waals surface area contributed by atoms with Crippen LogP contribution in [0, 0.1) is 0 Å². The number of anilines is 1. The summed E-state index contributed by atoms with van der Waals surface area (Å²) in [7, 11) is -3.45. The van der Waals surface area contributed by atoms with Crippen LogP contribution in [0.3, 0.4) is 0 Å². The molecular weight excluding hydrogens is 370 g/mol. The van der Waals surface area contributed by atoms with Gasteiger partial charge in [0.25, 0.3) is 0 Å². The summed E-state index contributed by atoms with van der Waals surface area (Å²) in [5, 5.41) is 12.9. The predicted octanol–water partition coefficient (Wildman–Crippen LogP) is 3.90. The molecule has 2 aromatic heterocycles. The molecule has 3 aromatic rings. The van der Waals surface area contributed by atoms with Gasteiger partial charge in [-0.2, -0.15) is 0 Å². The number of phenolic OH excluding ortho intramolecular Hbond substituents is 1. The Balaban J connectivity index is 1.88. The van der Waals surface area contributed by atoms with Crippen molar-refractivity contribution in [2.45, 2.75) is 19.8 Å². The summed E-state index contributed by atoms with van der Waals surface area (Å²) in [6.45, 7) is 2.12. The Hall–Kier alpha value is -2.45. The molecule has 136 valence electrons. The molecule has 0 fully saturated rings. The summed E-state index contributed by atoms with van der Waals surface area (Å²) in [4.78, 5) is 9.00. The number of nitrogens with one attached hydrogen (secondary N) is 1. The average Bonchev–Trinajstić information content (AvgIpc) is 3.06. The maximum Gasteiger partial charge on any atom is 0.229 e. The number of benzene rings is 1. The quantitative estimate of drug-likeness (QED) is 0.624. The van der Waals surface area contributed by atoms with Gasteiger partial charge in [0.2, 0.25) is 10.0 Å². The second-order valence-electron chi connectivity index (χ2n) is 5.93. The largest absolute Gasteiger partial charge is 0.506 e. The highest BCUT2D eigenvalue weighted by Crippen LogP contribution is 2.33. The molecule has 0 bridgehead atoms. The number of nitrogens with zero attached hydrogens (tertiary/aromatic N) is 2. The van der Waals surface area contributed by atoms with Gasteiger partial charge in [-0.05, 0) is 30.7 Å². The Bertz CT molecular complexity index is 1030. The summed E-state index contributed by atoms with van der Waals surface area (Å²) < 4.78 is 24.9. The van der Waals surface area contributed by atoms with E-state index in [1.807, 2.05) is 17.5 Å². The summed E-state index contributed by atoms with van der Waals surface area (Å²) in [6, 6.07) is 8.72. The van der Waals surface area contributed by atoms with E-state index < -0.39 is 10.0 Å². The molecule has 2 heterocycles. The maximum atomic E-state index is 11.3. The molecule has 8 heteroatoms. The Morgan fingerprint density at radius 1 is 1.19 bits per heavy atom. The van der Waals surface area contributed by atoms with E-state index in [9.17, 15) is 13.5 Å². The van der Waals surface area contributed by atoms with Crippen LogP contribution < -0.4 is 4.72 Å². The van der Waals surface area contributed by atoms with Crippen LogP contribution in [0.1, 0.15) is 19.0 Å². The van der Waals surface area contributed by atoms with Crippen LogP contribution in [-0.2, 0) is 16.4 Å². The van der Waals surface area contributed by atoms with E-state index in [-0.39, 0.29) is 11.4 Å². The SMILES string of the molecule is CCCc1cc(-c2nc(-c3ccc(NS(C)(=O)=O)c(O)c3)cs2)ccn1. The van der Waals surface area contributed by atoms with Crippen LogP contribution in [0.5, 0.6) is 5.75 Å². The van der Waals surface area contributed by atoms with Gasteiger partial charge < -0.3 is 5.11 Å². The number of sulfonamides is 1. The first-order valence-electron chi connectivity index (χ1n) is 8.07. The van der Waals surface area contributed by atoms with E-state index in [1.165, 1.54) is 23.5 Å². The first kappa shape index (κ1) is 18.3. The molecular formula is C18H19N3O3S2. The maximum absolute atomic E-state index is 11.3. The van der Waals surface area contributed by atoms with E-state index in [2.05, 4.69) is 21.6 Å². The van der Waals surface area contributed by atoms with E-state index in [4.69, 9.17) is 0 Å². The van der Waals surface area contributed by atoms with E-state index in [0.29, 0.717) is 5.56 Å². The lowest BCUT2D eigenvalue weighted by Crippen LogP contribution is -2.09. The van der Waals surface area contributed by atoms with Gasteiger partial charge in [0.05, 0.1) is 17.6 Å². The average molecular weight is 390 g/mol. The monoisotopic (exact) mass is 389 g/mol. The first-order valence-corrected chi connectivity index (χ1v) is 10.8. The third-order valence-electron chi connectivity index (χ3n) is 3.66. The summed E-state index contributed by atoms with van der Waals surface area (Å²) >= 11 is 1.51. The third kappa shape index (κ3) is 4.39. The predicted molar refractivity (Wildman–Crippen MR) is 105 cm³/mol. The zero-order valence-corrected chi connectivity index (χ0v) is 16.1. The van der Waals surface area contributed by atoms with Gasteiger partial charge in [0.15, 0.2) is 0 Å². The molecule has 0 saturated heterocycles. The van der Waals surface area contributed by atoms with Crippen LogP contribution in [0.4, 0.5) is 5.69 Å². The Labute approximate surface area is 156 Å². The minimum Gasteiger partial charge on any atom is -0.506 e. The van der Waals surface area contributed by atoms with Gasteiger partial charge in [0, 0.05) is 28.4 Å². The Morgan fingerprint density at radius 3 is 2.69 bits per heavy atom. The molecule has 0 spiro atoms. The van der Waals surface area contributed by atoms with Crippen molar-refractivity contribution in [1.29, 1.82) is 0 Å². The fourth-order valence-corrected chi connectivity index (χ4v) is 3.92. The van der Waals surface area contributed by atoms with Gasteiger partial charge in [-0.25, -0.2) is 13.4 Å². The fraction of sp³-hybridized carbons (Fsp3) is 0.222. The van der Waals surface area contributed by atoms with Gasteiger partial charge in [0.1, 0.15) is 10.8 Å². The number of phenols is 1. The van der Waals surface area contributed by atoms with Gasteiger partial charge >= 0.3 is 0 Å². The molecule has 0 atom stereocenters. The number of hydrogen-bond acceptors (Lipinski definition) is 6. The van der Waals surface area contributed by atoms with Gasteiger partial charge in [-0.3, -0.25) is 9.71 Å². The Kier molecular flexibility index (Phi) is 5.24. The summed E-state index contributed by atoms with van der Waals surface area (Å²) in [5.41, 5.74) is 3.63. The lowest BCUT2D eigenvalue weighted by atomic mass is 10.1. The van der Waals surface area contributed by atoms with E-state index >= 15 is 0 Å². The molecule has 3 rings (SSSR count). The first-order chi connectivity index (χ1) is 12.4. The van der Waals surface area contributed by atoms with Crippen LogP contribution >= 0.6 is 11.3 Å². The molecule has 1 aromatic carbocycles. The molecule has 0 aliphatic heterocycles. The van der Waals surface area contributed by atoms with Crippen molar-refractivity contribution in [3.05, 3.63) is 47.6 Å². The molecule has 0 amide bonds. The van der Waals surface area contributed by atoms with Crippen molar-refractivity contribution < 1.29 is 13.5 Å². The lowest BCUT2D eigenvalue weighted by Gasteiger charge is -2.07. The second kappa shape index (κ2) is 7.43. The normalized spacial score (nSPS) is 11.5. The van der Waals surface area contributed by atoms with Gasteiger partial charge in [-0.15, -0.1) is 11.3 Å². The molecule has 0 saturated carbocycles. The minimum absolute atomic E-state index is 0.142. The van der Waals surface area contributed by atoms with Crippen LogP contribution in [0.2, 0.25) is 0 Å². The number of aromatic hydroxyl groups is 1. The molecule has 0 aliphatic rings. The van der Waals surface area contributed by atoms with Crippen molar-refractivity contribution in [2.24, 2.45) is 0 Å². The lowest BCUT2D eigenvalue weighted by molar-refractivity contribution is 0.478. The second-order valence-corrected chi connectivity index (χ2v) is 8.54. The zero-order valence-electron chi connectivity index (χ0n) is 14.4. The number of pyridine rings is 1. The van der Waals surface area contributed by atoms with Crippen molar-refractivity contribution >= 4 is 27.0 Å². The topological polar surface area (TPSA) is 92.2 Å². The number of aromatic nitrogens is 2. The molecule has 6 nitrogen and oxygen atoms in total. The minimum atomic E-state index is -3.45. The number of thiazole rings is 1. The molecule has 26 heavy (non-hydrogen) atoms. The van der Waals surface area contributed by atoms with Crippen LogP contribution in [-0.4, -0.2) is 29.7 Å². The zero-order chi connectivity index (χ0) is 18.7. The van der Waals surface area contributed by atoms with Crippen molar-refractivity contribution in [1.82, 2.24) is 9.97 Å². The van der Waals surface area contributed by atoms with E-state index in [1.54, 1.807) is 12.3 Å². The smallest absolute Gasteiger partial charge is 0.229 e. The molecule has 0 aliphatic carbocycles. The Morgan fingerprint density at radius 2 is 2.00 bits per heavy atom. The highest BCUT2D eigenvalue weighted by molar-refractivity contribution is 7.92. The number of rotatable bonds is 6. The van der Waals surface area contributed by atoms with Crippen molar-refractivity contribution in [2.75, 3.05) is 11.0 Å². The molecule has 0 radical (unpaired) electrons. The van der Waals surface area contributed by atoms with Crippen LogP contribution in [0.15, 0.2) is 41.9 Å². The number of hydrogen-bond donors (Lipinski definition) is 2. The number of aryl methyl sites for hydroxylation is 1. The molecule has 0 unspecified atom stereocenters. The summed E-state index contributed by atoms with van der Waals surface area (Å²) in [6.07, 6.45) is 4.79. The highest BCUT2D eigenvalue weighted by atomic mass is 32.2.